The number of carbonyl (C=O) groups excluding carboxylic acids is 2. The van der Waals surface area contributed by atoms with Gasteiger partial charge in [0.2, 0.25) is 5.91 Å². The average Bonchev–Trinajstić information content (AvgIpc) is 3.20. The van der Waals surface area contributed by atoms with Crippen LogP contribution in [0.5, 0.6) is 5.75 Å². The Labute approximate surface area is 181 Å². The lowest BCUT2D eigenvalue weighted by atomic mass is 10.0. The number of rotatable bonds is 7. The summed E-state index contributed by atoms with van der Waals surface area (Å²) in [6, 6.07) is 16.0. The van der Waals surface area contributed by atoms with Crippen LogP contribution >= 0.6 is 0 Å². The highest BCUT2D eigenvalue weighted by molar-refractivity contribution is 5.98. The maximum absolute atomic E-state index is 13.2. The Bertz CT molecular complexity index is 1030. The van der Waals surface area contributed by atoms with E-state index in [4.69, 9.17) is 4.74 Å². The first-order valence-electron chi connectivity index (χ1n) is 10.5. The first kappa shape index (κ1) is 20.7. The SMILES string of the molecule is Cn1ccnc1COc1ccc(NC(=O)C(c2ccccc2)N2CCCCC2=O)cc1. The highest BCUT2D eigenvalue weighted by Crippen LogP contribution is 2.27. The summed E-state index contributed by atoms with van der Waals surface area (Å²) in [5.74, 6) is 1.32. The fourth-order valence-corrected chi connectivity index (χ4v) is 3.74. The van der Waals surface area contributed by atoms with E-state index in [1.54, 1.807) is 23.2 Å². The molecule has 0 bridgehead atoms. The van der Waals surface area contributed by atoms with Crippen LogP contribution in [-0.2, 0) is 23.2 Å². The topological polar surface area (TPSA) is 76.5 Å². The summed E-state index contributed by atoms with van der Waals surface area (Å²) in [7, 11) is 1.92. The van der Waals surface area contributed by atoms with Crippen molar-refractivity contribution in [3.8, 4) is 5.75 Å². The Hall–Kier alpha value is -3.61. The molecule has 0 spiro atoms. The molecule has 3 aromatic rings. The van der Waals surface area contributed by atoms with Gasteiger partial charge in [0.25, 0.3) is 5.91 Å². The van der Waals surface area contributed by atoms with Crippen LogP contribution in [0, 0.1) is 0 Å². The van der Waals surface area contributed by atoms with Crippen molar-refractivity contribution in [2.45, 2.75) is 31.9 Å². The minimum atomic E-state index is -0.645. The molecule has 7 nitrogen and oxygen atoms in total. The third-order valence-corrected chi connectivity index (χ3v) is 5.45. The molecule has 1 aliphatic rings. The third kappa shape index (κ3) is 4.94. The molecule has 31 heavy (non-hydrogen) atoms. The van der Waals surface area contributed by atoms with Crippen LogP contribution in [0.1, 0.15) is 36.7 Å². The molecule has 0 radical (unpaired) electrons. The number of amides is 2. The van der Waals surface area contributed by atoms with Crippen molar-refractivity contribution < 1.29 is 14.3 Å². The van der Waals surface area contributed by atoms with E-state index in [1.807, 2.05) is 60.3 Å². The maximum atomic E-state index is 13.2. The molecule has 2 amide bonds. The van der Waals surface area contributed by atoms with Crippen molar-refractivity contribution in [3.05, 3.63) is 78.4 Å². The van der Waals surface area contributed by atoms with Crippen LogP contribution in [0.4, 0.5) is 5.69 Å². The lowest BCUT2D eigenvalue weighted by Gasteiger charge is -2.34. The van der Waals surface area contributed by atoms with Gasteiger partial charge in [0, 0.05) is 38.1 Å². The van der Waals surface area contributed by atoms with Gasteiger partial charge in [0.05, 0.1) is 0 Å². The minimum Gasteiger partial charge on any atom is -0.486 e. The van der Waals surface area contributed by atoms with Crippen LogP contribution in [0.25, 0.3) is 0 Å². The van der Waals surface area contributed by atoms with E-state index in [9.17, 15) is 9.59 Å². The Morgan fingerprint density at radius 1 is 1.13 bits per heavy atom. The molecular formula is C24H26N4O3. The number of nitrogens with zero attached hydrogens (tertiary/aromatic N) is 3. The number of ether oxygens (including phenoxy) is 1. The van der Waals surface area contributed by atoms with Gasteiger partial charge in [0.1, 0.15) is 24.2 Å². The summed E-state index contributed by atoms with van der Waals surface area (Å²) < 4.78 is 7.67. The molecule has 160 valence electrons. The Morgan fingerprint density at radius 2 is 1.90 bits per heavy atom. The zero-order chi connectivity index (χ0) is 21.6. The van der Waals surface area contributed by atoms with Gasteiger partial charge in [-0.2, -0.15) is 0 Å². The monoisotopic (exact) mass is 418 g/mol. The maximum Gasteiger partial charge on any atom is 0.251 e. The number of aryl methyl sites for hydroxylation is 1. The quantitative estimate of drug-likeness (QED) is 0.635. The summed E-state index contributed by atoms with van der Waals surface area (Å²) in [6.45, 7) is 0.953. The normalized spacial score (nSPS) is 14.9. The summed E-state index contributed by atoms with van der Waals surface area (Å²) in [4.78, 5) is 31.7. The fraction of sp³-hybridized carbons (Fsp3) is 0.292. The third-order valence-electron chi connectivity index (χ3n) is 5.45. The predicted molar refractivity (Wildman–Crippen MR) is 117 cm³/mol. The molecule has 0 saturated carbocycles. The molecule has 2 heterocycles. The highest BCUT2D eigenvalue weighted by atomic mass is 16.5. The van der Waals surface area contributed by atoms with E-state index in [2.05, 4.69) is 10.3 Å². The van der Waals surface area contributed by atoms with E-state index >= 15 is 0 Å². The van der Waals surface area contributed by atoms with Gasteiger partial charge in [-0.1, -0.05) is 30.3 Å². The first-order valence-corrected chi connectivity index (χ1v) is 10.5. The molecule has 1 N–H and O–H groups in total. The van der Waals surface area contributed by atoms with Crippen molar-refractivity contribution in [3.63, 3.8) is 0 Å². The predicted octanol–water partition coefficient (Wildman–Crippen LogP) is 3.69. The van der Waals surface area contributed by atoms with Gasteiger partial charge >= 0.3 is 0 Å². The number of nitrogens with one attached hydrogen (secondary N) is 1. The molecule has 1 aromatic heterocycles. The van der Waals surface area contributed by atoms with Gasteiger partial charge in [-0.25, -0.2) is 4.98 Å². The number of piperidine rings is 1. The van der Waals surface area contributed by atoms with Gasteiger partial charge < -0.3 is 19.5 Å². The van der Waals surface area contributed by atoms with Crippen LogP contribution in [0.15, 0.2) is 67.0 Å². The second-order valence-electron chi connectivity index (χ2n) is 7.61. The van der Waals surface area contributed by atoms with Crippen molar-refractivity contribution in [1.82, 2.24) is 14.5 Å². The number of carbonyl (C=O) groups is 2. The number of benzene rings is 2. The number of anilines is 1. The molecule has 1 fully saturated rings. The molecule has 7 heteroatoms. The largest absolute Gasteiger partial charge is 0.486 e. The molecule has 1 aliphatic heterocycles. The molecule has 0 aliphatic carbocycles. The summed E-state index contributed by atoms with van der Waals surface area (Å²) in [6.07, 6.45) is 5.86. The van der Waals surface area contributed by atoms with Gasteiger partial charge in [-0.15, -0.1) is 0 Å². The lowest BCUT2D eigenvalue weighted by Crippen LogP contribution is -2.43. The summed E-state index contributed by atoms with van der Waals surface area (Å²) in [5, 5.41) is 2.96. The number of hydrogen-bond acceptors (Lipinski definition) is 4. The number of imidazole rings is 1. The molecule has 1 unspecified atom stereocenters. The standard InChI is InChI=1S/C24H26N4O3/c1-27-16-14-25-21(27)17-31-20-12-10-19(11-13-20)26-24(30)23(18-7-3-2-4-8-18)28-15-6-5-9-22(28)29/h2-4,7-8,10-14,16,23H,5-6,9,15,17H2,1H3,(H,26,30). The van der Waals surface area contributed by atoms with Crippen LogP contribution in [0.2, 0.25) is 0 Å². The molecule has 1 atom stereocenters. The zero-order valence-electron chi connectivity index (χ0n) is 17.5. The summed E-state index contributed by atoms with van der Waals surface area (Å²) >= 11 is 0. The highest BCUT2D eigenvalue weighted by Gasteiger charge is 2.32. The molecule has 2 aromatic carbocycles. The molecular weight excluding hydrogens is 392 g/mol. The van der Waals surface area contributed by atoms with E-state index in [0.717, 1.165) is 24.2 Å². The second kappa shape index (κ2) is 9.47. The van der Waals surface area contributed by atoms with E-state index in [0.29, 0.717) is 31.0 Å². The zero-order valence-corrected chi connectivity index (χ0v) is 17.5. The van der Waals surface area contributed by atoms with E-state index < -0.39 is 6.04 Å². The van der Waals surface area contributed by atoms with Crippen molar-refractivity contribution in [2.24, 2.45) is 7.05 Å². The fourth-order valence-electron chi connectivity index (χ4n) is 3.74. The second-order valence-corrected chi connectivity index (χ2v) is 7.61. The minimum absolute atomic E-state index is 0.0216. The summed E-state index contributed by atoms with van der Waals surface area (Å²) in [5.41, 5.74) is 1.46. The van der Waals surface area contributed by atoms with Crippen molar-refractivity contribution in [2.75, 3.05) is 11.9 Å². The first-order chi connectivity index (χ1) is 15.1. The number of likely N-dealkylation sites (tertiary alicyclic amines) is 1. The van der Waals surface area contributed by atoms with Crippen LogP contribution in [0.3, 0.4) is 0 Å². The van der Waals surface area contributed by atoms with Crippen molar-refractivity contribution >= 4 is 17.5 Å². The van der Waals surface area contributed by atoms with Gasteiger partial charge in [0.15, 0.2) is 0 Å². The van der Waals surface area contributed by atoms with E-state index in [1.165, 1.54) is 0 Å². The molecule has 4 rings (SSSR count). The average molecular weight is 418 g/mol. The Kier molecular flexibility index (Phi) is 6.31. The Morgan fingerprint density at radius 3 is 2.58 bits per heavy atom. The van der Waals surface area contributed by atoms with Crippen LogP contribution < -0.4 is 10.1 Å². The van der Waals surface area contributed by atoms with Crippen LogP contribution in [-0.4, -0.2) is 32.8 Å². The Balaban J connectivity index is 1.45. The smallest absolute Gasteiger partial charge is 0.251 e. The number of hydrogen-bond donors (Lipinski definition) is 1. The molecule has 1 saturated heterocycles. The lowest BCUT2D eigenvalue weighted by molar-refractivity contribution is -0.141. The van der Waals surface area contributed by atoms with Gasteiger partial charge in [-0.3, -0.25) is 9.59 Å². The number of aromatic nitrogens is 2. The van der Waals surface area contributed by atoms with Gasteiger partial charge in [-0.05, 0) is 42.7 Å². The van der Waals surface area contributed by atoms with E-state index in [-0.39, 0.29) is 11.8 Å². The van der Waals surface area contributed by atoms with Crippen molar-refractivity contribution in [1.29, 1.82) is 0 Å².